The zero-order valence-corrected chi connectivity index (χ0v) is 9.77. The molecule has 0 unspecified atom stereocenters. The van der Waals surface area contributed by atoms with Crippen molar-refractivity contribution in [2.24, 2.45) is 0 Å². The number of nitrogens with zero attached hydrogens (tertiary/aromatic N) is 1. The molecule has 2 rings (SSSR count). The summed E-state index contributed by atoms with van der Waals surface area (Å²) < 4.78 is 4.69. The number of benzene rings is 1. The SMILES string of the molecule is COC(=O)CN(C)[C@H]1CCc2ccccc21. The Hall–Kier alpha value is -1.35. The Balaban J connectivity index is 2.10. The van der Waals surface area contributed by atoms with Crippen molar-refractivity contribution in [2.45, 2.75) is 18.9 Å². The van der Waals surface area contributed by atoms with Gasteiger partial charge >= 0.3 is 5.97 Å². The molecule has 0 saturated carbocycles. The second kappa shape index (κ2) is 4.66. The summed E-state index contributed by atoms with van der Waals surface area (Å²) in [6.07, 6.45) is 2.19. The molecule has 1 aromatic carbocycles. The van der Waals surface area contributed by atoms with Gasteiger partial charge in [0.05, 0.1) is 13.7 Å². The molecule has 0 amide bonds. The molecule has 1 atom stereocenters. The van der Waals surface area contributed by atoms with Gasteiger partial charge in [0.2, 0.25) is 0 Å². The Morgan fingerprint density at radius 1 is 1.50 bits per heavy atom. The van der Waals surface area contributed by atoms with Gasteiger partial charge in [0.1, 0.15) is 0 Å². The van der Waals surface area contributed by atoms with Crippen LogP contribution in [0, 0.1) is 0 Å². The van der Waals surface area contributed by atoms with Crippen molar-refractivity contribution in [3.63, 3.8) is 0 Å². The van der Waals surface area contributed by atoms with E-state index in [2.05, 4.69) is 33.9 Å². The van der Waals surface area contributed by atoms with E-state index in [-0.39, 0.29) is 5.97 Å². The fourth-order valence-electron chi connectivity index (χ4n) is 2.37. The maximum Gasteiger partial charge on any atom is 0.319 e. The molecule has 16 heavy (non-hydrogen) atoms. The van der Waals surface area contributed by atoms with E-state index in [9.17, 15) is 4.79 Å². The summed E-state index contributed by atoms with van der Waals surface area (Å²) in [5, 5.41) is 0. The summed E-state index contributed by atoms with van der Waals surface area (Å²) in [6, 6.07) is 8.81. The average Bonchev–Trinajstić information content (AvgIpc) is 2.72. The largest absolute Gasteiger partial charge is 0.468 e. The van der Waals surface area contributed by atoms with Crippen LogP contribution in [0.2, 0.25) is 0 Å². The number of methoxy groups -OCH3 is 1. The van der Waals surface area contributed by atoms with Crippen molar-refractivity contribution >= 4 is 5.97 Å². The van der Waals surface area contributed by atoms with Crippen LogP contribution in [0.15, 0.2) is 24.3 Å². The lowest BCUT2D eigenvalue weighted by Gasteiger charge is -2.23. The Morgan fingerprint density at radius 3 is 3.00 bits per heavy atom. The predicted molar refractivity (Wildman–Crippen MR) is 62.2 cm³/mol. The number of hydrogen-bond donors (Lipinski definition) is 0. The number of esters is 1. The predicted octanol–water partition coefficient (Wildman–Crippen LogP) is 1.78. The zero-order chi connectivity index (χ0) is 11.5. The molecule has 0 saturated heterocycles. The number of hydrogen-bond acceptors (Lipinski definition) is 3. The van der Waals surface area contributed by atoms with Gasteiger partial charge in [0, 0.05) is 6.04 Å². The number of ether oxygens (including phenoxy) is 1. The van der Waals surface area contributed by atoms with Crippen LogP contribution in [0.3, 0.4) is 0 Å². The Bertz CT molecular complexity index is 389. The lowest BCUT2D eigenvalue weighted by Crippen LogP contribution is -2.29. The Labute approximate surface area is 96.0 Å². The highest BCUT2D eigenvalue weighted by atomic mass is 16.5. The number of likely N-dealkylation sites (N-methyl/N-ethyl adjacent to an activating group) is 1. The molecule has 0 aromatic heterocycles. The molecule has 1 aromatic rings. The van der Waals surface area contributed by atoms with E-state index >= 15 is 0 Å². The minimum atomic E-state index is -0.174. The number of rotatable bonds is 3. The molecule has 0 spiro atoms. The summed E-state index contributed by atoms with van der Waals surface area (Å²) in [4.78, 5) is 13.3. The van der Waals surface area contributed by atoms with E-state index in [1.807, 2.05) is 7.05 Å². The van der Waals surface area contributed by atoms with E-state index < -0.39 is 0 Å². The van der Waals surface area contributed by atoms with Crippen LogP contribution in [0.4, 0.5) is 0 Å². The molecular formula is C13H17NO2. The second-order valence-corrected chi connectivity index (χ2v) is 4.24. The smallest absolute Gasteiger partial charge is 0.319 e. The van der Waals surface area contributed by atoms with E-state index in [0.717, 1.165) is 12.8 Å². The van der Waals surface area contributed by atoms with Crippen LogP contribution < -0.4 is 0 Å². The van der Waals surface area contributed by atoms with Crippen LogP contribution >= 0.6 is 0 Å². The minimum Gasteiger partial charge on any atom is -0.468 e. The molecule has 3 nitrogen and oxygen atoms in total. The molecule has 0 fully saturated rings. The van der Waals surface area contributed by atoms with Gasteiger partial charge in [-0.3, -0.25) is 9.69 Å². The highest BCUT2D eigenvalue weighted by Gasteiger charge is 2.26. The van der Waals surface area contributed by atoms with Crippen molar-refractivity contribution in [2.75, 3.05) is 20.7 Å². The number of carbonyl (C=O) groups is 1. The molecule has 1 aliphatic carbocycles. The normalized spacial score (nSPS) is 18.6. The molecular weight excluding hydrogens is 202 g/mol. The van der Waals surface area contributed by atoms with E-state index in [0.29, 0.717) is 12.6 Å². The standard InChI is InChI=1S/C13H17NO2/c1-14(9-13(15)16-2)12-8-7-10-5-3-4-6-11(10)12/h3-6,12H,7-9H2,1-2H3/t12-/m0/s1. The van der Waals surface area contributed by atoms with Crippen LogP contribution in [0.1, 0.15) is 23.6 Å². The van der Waals surface area contributed by atoms with Crippen molar-refractivity contribution in [1.29, 1.82) is 0 Å². The highest BCUT2D eigenvalue weighted by molar-refractivity contribution is 5.71. The third-order valence-electron chi connectivity index (χ3n) is 3.24. The zero-order valence-electron chi connectivity index (χ0n) is 9.77. The Morgan fingerprint density at radius 2 is 2.25 bits per heavy atom. The van der Waals surface area contributed by atoms with Gasteiger partial charge < -0.3 is 4.74 Å². The first-order valence-corrected chi connectivity index (χ1v) is 5.57. The van der Waals surface area contributed by atoms with Crippen LogP contribution in [0.5, 0.6) is 0 Å². The van der Waals surface area contributed by atoms with E-state index in [1.54, 1.807) is 0 Å². The van der Waals surface area contributed by atoms with Gasteiger partial charge in [-0.15, -0.1) is 0 Å². The average molecular weight is 219 g/mol. The van der Waals surface area contributed by atoms with Crippen molar-refractivity contribution in [3.8, 4) is 0 Å². The number of carbonyl (C=O) groups excluding carboxylic acids is 1. The molecule has 1 aliphatic rings. The van der Waals surface area contributed by atoms with Crippen LogP contribution in [-0.4, -0.2) is 31.6 Å². The molecule has 0 radical (unpaired) electrons. The van der Waals surface area contributed by atoms with Gasteiger partial charge in [0.15, 0.2) is 0 Å². The molecule has 0 aliphatic heterocycles. The van der Waals surface area contributed by atoms with Gasteiger partial charge in [0.25, 0.3) is 0 Å². The lowest BCUT2D eigenvalue weighted by molar-refractivity contribution is -0.142. The first-order chi connectivity index (χ1) is 7.72. The third-order valence-corrected chi connectivity index (χ3v) is 3.24. The fraction of sp³-hybridized carbons (Fsp3) is 0.462. The van der Waals surface area contributed by atoms with Gasteiger partial charge in [-0.2, -0.15) is 0 Å². The molecule has 86 valence electrons. The molecule has 0 bridgehead atoms. The summed E-state index contributed by atoms with van der Waals surface area (Å²) in [7, 11) is 3.41. The molecule has 3 heteroatoms. The van der Waals surface area contributed by atoms with Crippen molar-refractivity contribution in [3.05, 3.63) is 35.4 Å². The van der Waals surface area contributed by atoms with Gasteiger partial charge in [-0.1, -0.05) is 24.3 Å². The second-order valence-electron chi connectivity index (χ2n) is 4.24. The first kappa shape index (κ1) is 11.1. The monoisotopic (exact) mass is 219 g/mol. The quantitative estimate of drug-likeness (QED) is 0.726. The first-order valence-electron chi connectivity index (χ1n) is 5.57. The third kappa shape index (κ3) is 2.09. The van der Waals surface area contributed by atoms with E-state index in [1.165, 1.54) is 18.2 Å². The van der Waals surface area contributed by atoms with Crippen molar-refractivity contribution < 1.29 is 9.53 Å². The minimum absolute atomic E-state index is 0.174. The fourth-order valence-corrected chi connectivity index (χ4v) is 2.37. The van der Waals surface area contributed by atoms with Crippen LogP contribution in [-0.2, 0) is 16.0 Å². The topological polar surface area (TPSA) is 29.5 Å². The van der Waals surface area contributed by atoms with Crippen LogP contribution in [0.25, 0.3) is 0 Å². The molecule has 0 heterocycles. The summed E-state index contributed by atoms with van der Waals surface area (Å²) in [6.45, 7) is 0.357. The number of fused-ring (bicyclic) bond motifs is 1. The lowest BCUT2D eigenvalue weighted by atomic mass is 10.1. The summed E-state index contributed by atoms with van der Waals surface area (Å²) in [5.74, 6) is -0.174. The highest BCUT2D eigenvalue weighted by Crippen LogP contribution is 2.34. The summed E-state index contributed by atoms with van der Waals surface area (Å²) >= 11 is 0. The number of aryl methyl sites for hydroxylation is 1. The Kier molecular flexibility index (Phi) is 3.25. The van der Waals surface area contributed by atoms with Gasteiger partial charge in [-0.05, 0) is 31.0 Å². The maximum absolute atomic E-state index is 11.2. The van der Waals surface area contributed by atoms with Crippen molar-refractivity contribution in [1.82, 2.24) is 4.90 Å². The maximum atomic E-state index is 11.2. The molecule has 0 N–H and O–H groups in total. The van der Waals surface area contributed by atoms with E-state index in [4.69, 9.17) is 0 Å². The van der Waals surface area contributed by atoms with Gasteiger partial charge in [-0.25, -0.2) is 0 Å². The summed E-state index contributed by atoms with van der Waals surface area (Å²) in [5.41, 5.74) is 2.76.